The summed E-state index contributed by atoms with van der Waals surface area (Å²) in [4.78, 5) is 24.2. The number of esters is 2. The first kappa shape index (κ1) is 18.2. The van der Waals surface area contributed by atoms with Crippen LogP contribution >= 0.6 is 0 Å². The summed E-state index contributed by atoms with van der Waals surface area (Å²) in [6.07, 6.45) is 3.05. The van der Waals surface area contributed by atoms with E-state index in [1.807, 2.05) is 0 Å². The molecule has 0 aromatic heterocycles. The van der Waals surface area contributed by atoms with Crippen molar-refractivity contribution in [2.75, 3.05) is 14.2 Å². The third-order valence-electron chi connectivity index (χ3n) is 3.15. The quantitative estimate of drug-likeness (QED) is 0.297. The molecular weight excluding hydrogens is 256 g/mol. The van der Waals surface area contributed by atoms with E-state index in [4.69, 9.17) is 9.47 Å². The number of carbonyl (C=O) groups excluding carboxylic acids is 2. The van der Waals surface area contributed by atoms with Crippen molar-refractivity contribution >= 4 is 11.9 Å². The Bertz CT molecular complexity index is 396. The highest BCUT2D eigenvalue weighted by atomic mass is 16.5. The molecular formula is C16H24O4. The van der Waals surface area contributed by atoms with E-state index < -0.39 is 17.4 Å². The van der Waals surface area contributed by atoms with Gasteiger partial charge in [-0.05, 0) is 26.2 Å². The second-order valence-corrected chi connectivity index (χ2v) is 4.70. The van der Waals surface area contributed by atoms with E-state index in [0.29, 0.717) is 0 Å². The number of methoxy groups -OCH3 is 2. The van der Waals surface area contributed by atoms with E-state index in [0.717, 1.165) is 24.8 Å². The van der Waals surface area contributed by atoms with Gasteiger partial charge in [-0.3, -0.25) is 9.59 Å². The van der Waals surface area contributed by atoms with Gasteiger partial charge < -0.3 is 9.47 Å². The van der Waals surface area contributed by atoms with Crippen molar-refractivity contribution in [3.8, 4) is 11.8 Å². The lowest BCUT2D eigenvalue weighted by atomic mass is 9.78. The largest absolute Gasteiger partial charge is 0.468 e. The Hall–Kier alpha value is -1.76. The number of allylic oxidation sites excluding steroid dienone is 1. The van der Waals surface area contributed by atoms with Crippen LogP contribution in [-0.2, 0) is 19.1 Å². The van der Waals surface area contributed by atoms with Crippen LogP contribution in [0.3, 0.4) is 0 Å². The number of carbonyl (C=O) groups is 2. The Kier molecular flexibility index (Phi) is 8.38. The fourth-order valence-electron chi connectivity index (χ4n) is 2.01. The lowest BCUT2D eigenvalue weighted by Gasteiger charge is -2.27. The van der Waals surface area contributed by atoms with Crippen LogP contribution in [0.15, 0.2) is 12.2 Å². The van der Waals surface area contributed by atoms with Crippen LogP contribution < -0.4 is 0 Å². The van der Waals surface area contributed by atoms with Crippen LogP contribution in [0.4, 0.5) is 0 Å². The summed E-state index contributed by atoms with van der Waals surface area (Å²) >= 11 is 0. The molecule has 0 amide bonds. The Morgan fingerprint density at radius 2 is 1.75 bits per heavy atom. The Morgan fingerprint density at radius 1 is 1.20 bits per heavy atom. The maximum atomic E-state index is 12.1. The van der Waals surface area contributed by atoms with Crippen molar-refractivity contribution in [2.45, 2.75) is 46.0 Å². The van der Waals surface area contributed by atoms with E-state index in [-0.39, 0.29) is 12.8 Å². The standard InChI is InChI=1S/C16H24O4/c1-6-8-10-13(3)12-16(11-9-7-2,14(17)19-4)15(18)20-5/h3,6,8,10-12H2,1-2,4-5H3. The topological polar surface area (TPSA) is 52.6 Å². The van der Waals surface area contributed by atoms with Gasteiger partial charge in [-0.15, -0.1) is 11.8 Å². The number of unbranched alkanes of at least 4 members (excludes halogenated alkanes) is 1. The van der Waals surface area contributed by atoms with Gasteiger partial charge in [0.1, 0.15) is 0 Å². The lowest BCUT2D eigenvalue weighted by molar-refractivity contribution is -0.168. The molecule has 0 rings (SSSR count). The highest BCUT2D eigenvalue weighted by Crippen LogP contribution is 2.34. The molecule has 0 N–H and O–H groups in total. The third kappa shape index (κ3) is 4.73. The number of hydrogen-bond donors (Lipinski definition) is 0. The zero-order valence-electron chi connectivity index (χ0n) is 12.9. The Labute approximate surface area is 121 Å². The van der Waals surface area contributed by atoms with Crippen molar-refractivity contribution in [3.63, 3.8) is 0 Å². The number of hydrogen-bond acceptors (Lipinski definition) is 4. The minimum absolute atomic E-state index is 0.0774. The molecule has 20 heavy (non-hydrogen) atoms. The van der Waals surface area contributed by atoms with Gasteiger partial charge in [0.15, 0.2) is 5.41 Å². The molecule has 0 unspecified atom stereocenters. The summed E-state index contributed by atoms with van der Waals surface area (Å²) in [5.41, 5.74) is -0.572. The summed E-state index contributed by atoms with van der Waals surface area (Å²) in [6, 6.07) is 0. The van der Waals surface area contributed by atoms with Crippen LogP contribution in [0.5, 0.6) is 0 Å². The number of ether oxygens (including phenoxy) is 2. The molecule has 0 fully saturated rings. The first-order valence-electron chi connectivity index (χ1n) is 6.71. The van der Waals surface area contributed by atoms with E-state index in [1.165, 1.54) is 14.2 Å². The molecule has 112 valence electrons. The van der Waals surface area contributed by atoms with Gasteiger partial charge in [0.2, 0.25) is 0 Å². The SMILES string of the molecule is C=C(CCCC)CC(CC#CC)(C(=O)OC)C(=O)OC. The first-order valence-corrected chi connectivity index (χ1v) is 6.71. The summed E-state index contributed by atoms with van der Waals surface area (Å²) in [5, 5.41) is 0. The lowest BCUT2D eigenvalue weighted by Crippen LogP contribution is -2.41. The predicted molar refractivity (Wildman–Crippen MR) is 77.8 cm³/mol. The zero-order valence-corrected chi connectivity index (χ0v) is 12.9. The molecule has 0 aliphatic carbocycles. The molecule has 0 spiro atoms. The average Bonchev–Trinajstić information content (AvgIpc) is 2.47. The minimum atomic E-state index is -1.41. The van der Waals surface area contributed by atoms with Crippen LogP contribution in [0.1, 0.15) is 46.0 Å². The Balaban J connectivity index is 5.35. The van der Waals surface area contributed by atoms with E-state index in [2.05, 4.69) is 25.3 Å². The molecule has 0 aromatic carbocycles. The van der Waals surface area contributed by atoms with Crippen molar-refractivity contribution in [2.24, 2.45) is 5.41 Å². The molecule has 0 saturated carbocycles. The fraction of sp³-hybridized carbons (Fsp3) is 0.625. The smallest absolute Gasteiger partial charge is 0.324 e. The van der Waals surface area contributed by atoms with Crippen molar-refractivity contribution in [1.29, 1.82) is 0 Å². The van der Waals surface area contributed by atoms with Crippen molar-refractivity contribution in [3.05, 3.63) is 12.2 Å². The highest BCUT2D eigenvalue weighted by Gasteiger charge is 2.48. The van der Waals surface area contributed by atoms with Crippen molar-refractivity contribution < 1.29 is 19.1 Å². The van der Waals surface area contributed by atoms with Crippen LogP contribution in [0.25, 0.3) is 0 Å². The molecule has 0 atom stereocenters. The van der Waals surface area contributed by atoms with Gasteiger partial charge in [-0.2, -0.15) is 0 Å². The van der Waals surface area contributed by atoms with Crippen molar-refractivity contribution in [1.82, 2.24) is 0 Å². The van der Waals surface area contributed by atoms with Gasteiger partial charge in [0, 0.05) is 6.42 Å². The van der Waals surface area contributed by atoms with Gasteiger partial charge in [-0.1, -0.05) is 25.5 Å². The maximum Gasteiger partial charge on any atom is 0.324 e. The van der Waals surface area contributed by atoms with Crippen LogP contribution in [0.2, 0.25) is 0 Å². The predicted octanol–water partition coefficient (Wildman–Crippen LogP) is 2.87. The maximum absolute atomic E-state index is 12.1. The summed E-state index contributed by atoms with van der Waals surface area (Å²) in [7, 11) is 2.52. The minimum Gasteiger partial charge on any atom is -0.468 e. The fourth-order valence-corrected chi connectivity index (χ4v) is 2.01. The molecule has 0 heterocycles. The van der Waals surface area contributed by atoms with Gasteiger partial charge in [0.25, 0.3) is 0 Å². The van der Waals surface area contributed by atoms with Crippen LogP contribution in [0, 0.1) is 17.3 Å². The third-order valence-corrected chi connectivity index (χ3v) is 3.15. The normalized spacial score (nSPS) is 10.2. The van der Waals surface area contributed by atoms with Gasteiger partial charge in [0.05, 0.1) is 14.2 Å². The second-order valence-electron chi connectivity index (χ2n) is 4.70. The highest BCUT2D eigenvalue weighted by molar-refractivity contribution is 6.00. The second kappa shape index (κ2) is 9.19. The van der Waals surface area contributed by atoms with E-state index in [9.17, 15) is 9.59 Å². The molecule has 0 radical (unpaired) electrons. The van der Waals surface area contributed by atoms with Crippen LogP contribution in [-0.4, -0.2) is 26.2 Å². The molecule has 4 nitrogen and oxygen atoms in total. The monoisotopic (exact) mass is 280 g/mol. The summed E-state index contributed by atoms with van der Waals surface area (Å²) in [5.74, 6) is 4.25. The summed E-state index contributed by atoms with van der Waals surface area (Å²) in [6.45, 7) is 7.69. The molecule has 0 bridgehead atoms. The molecule has 4 heteroatoms. The average molecular weight is 280 g/mol. The first-order chi connectivity index (χ1) is 9.48. The van der Waals surface area contributed by atoms with Gasteiger partial charge in [-0.25, -0.2) is 0 Å². The van der Waals surface area contributed by atoms with E-state index >= 15 is 0 Å². The zero-order chi connectivity index (χ0) is 15.6. The molecule has 0 saturated heterocycles. The molecule has 0 aromatic rings. The summed E-state index contributed by atoms with van der Waals surface area (Å²) < 4.78 is 9.58. The Morgan fingerprint density at radius 3 is 2.15 bits per heavy atom. The molecule has 0 aliphatic heterocycles. The molecule has 0 aliphatic rings. The van der Waals surface area contributed by atoms with E-state index in [1.54, 1.807) is 6.92 Å². The van der Waals surface area contributed by atoms with Gasteiger partial charge >= 0.3 is 11.9 Å². The number of rotatable bonds is 8.